The van der Waals surface area contributed by atoms with E-state index in [0.29, 0.717) is 33.6 Å². The topological polar surface area (TPSA) is 70.7 Å². The van der Waals surface area contributed by atoms with Crippen molar-refractivity contribution in [3.63, 3.8) is 0 Å². The van der Waals surface area contributed by atoms with E-state index in [-0.39, 0.29) is 16.9 Å². The molecule has 3 aromatic carbocycles. The van der Waals surface area contributed by atoms with E-state index in [0.717, 1.165) is 45.2 Å². The van der Waals surface area contributed by atoms with E-state index in [1.165, 1.54) is 5.56 Å². The van der Waals surface area contributed by atoms with Gasteiger partial charge in [-0.2, -0.15) is 0 Å². The molecule has 0 spiro atoms. The lowest BCUT2D eigenvalue weighted by atomic mass is 10.1. The minimum Gasteiger partial charge on any atom is -0.492 e. The second-order valence-corrected chi connectivity index (χ2v) is 10.2. The highest BCUT2D eigenvalue weighted by molar-refractivity contribution is 9.10. The molecule has 1 aliphatic heterocycles. The minimum absolute atomic E-state index is 0.0223. The number of benzene rings is 3. The van der Waals surface area contributed by atoms with Gasteiger partial charge >= 0.3 is 0 Å². The Morgan fingerprint density at radius 3 is 2.35 bits per heavy atom. The van der Waals surface area contributed by atoms with Gasteiger partial charge in [-0.25, -0.2) is 0 Å². The SMILES string of the molecule is O=C(NC(=S)Nc1ccccc1C(=O)N1CCCCCC1)c1ccc(OCCc2ccccc2)c(Br)c1. The third-order valence-electron chi connectivity index (χ3n) is 6.21. The zero-order chi connectivity index (χ0) is 26.0. The van der Waals surface area contributed by atoms with Crippen molar-refractivity contribution < 1.29 is 14.3 Å². The number of nitrogens with zero attached hydrogens (tertiary/aromatic N) is 1. The standard InChI is InChI=1S/C29H30BrN3O3S/c30-24-20-22(14-15-26(24)36-19-16-21-10-4-3-5-11-21)27(34)32-29(37)31-25-13-7-6-12-23(25)28(35)33-17-8-1-2-9-18-33/h3-7,10-15,20H,1-2,8-9,16-19H2,(H2,31,32,34,37). The van der Waals surface area contributed by atoms with Crippen LogP contribution in [0, 0.1) is 0 Å². The summed E-state index contributed by atoms with van der Waals surface area (Å²) in [5, 5.41) is 5.86. The molecule has 1 heterocycles. The Kier molecular flexibility index (Phi) is 9.68. The zero-order valence-corrected chi connectivity index (χ0v) is 22.9. The van der Waals surface area contributed by atoms with Crippen LogP contribution in [-0.2, 0) is 6.42 Å². The number of carbonyl (C=O) groups is 2. The molecule has 3 aromatic rings. The first-order valence-corrected chi connectivity index (χ1v) is 13.7. The highest BCUT2D eigenvalue weighted by Crippen LogP contribution is 2.26. The molecule has 0 atom stereocenters. The van der Waals surface area contributed by atoms with Crippen LogP contribution in [0.15, 0.2) is 77.3 Å². The van der Waals surface area contributed by atoms with Crippen LogP contribution < -0.4 is 15.4 Å². The van der Waals surface area contributed by atoms with E-state index in [2.05, 4.69) is 38.7 Å². The van der Waals surface area contributed by atoms with Crippen LogP contribution in [0.4, 0.5) is 5.69 Å². The maximum atomic E-state index is 13.2. The summed E-state index contributed by atoms with van der Waals surface area (Å²) >= 11 is 8.89. The number of anilines is 1. The Morgan fingerprint density at radius 2 is 1.62 bits per heavy atom. The molecular weight excluding hydrogens is 550 g/mol. The molecule has 0 unspecified atom stereocenters. The van der Waals surface area contributed by atoms with Gasteiger partial charge in [0.25, 0.3) is 11.8 Å². The number of likely N-dealkylation sites (tertiary alicyclic amines) is 1. The first-order chi connectivity index (χ1) is 18.0. The Morgan fingerprint density at radius 1 is 0.919 bits per heavy atom. The fourth-order valence-corrected chi connectivity index (χ4v) is 4.93. The maximum Gasteiger partial charge on any atom is 0.257 e. The molecule has 1 aliphatic rings. The third kappa shape index (κ3) is 7.63. The Bertz CT molecular complexity index is 1240. The molecule has 0 saturated carbocycles. The van der Waals surface area contributed by atoms with Crippen LogP contribution in [0.25, 0.3) is 0 Å². The maximum absolute atomic E-state index is 13.2. The van der Waals surface area contributed by atoms with Crippen LogP contribution >= 0.6 is 28.1 Å². The van der Waals surface area contributed by atoms with E-state index < -0.39 is 0 Å². The number of halogens is 1. The van der Waals surface area contributed by atoms with Gasteiger partial charge in [-0.1, -0.05) is 55.3 Å². The number of nitrogens with one attached hydrogen (secondary N) is 2. The van der Waals surface area contributed by atoms with Crippen molar-refractivity contribution in [3.8, 4) is 5.75 Å². The molecule has 37 heavy (non-hydrogen) atoms. The fourth-order valence-electron chi connectivity index (χ4n) is 4.23. The summed E-state index contributed by atoms with van der Waals surface area (Å²) in [4.78, 5) is 27.9. The summed E-state index contributed by atoms with van der Waals surface area (Å²) in [5.74, 6) is 0.283. The second-order valence-electron chi connectivity index (χ2n) is 8.89. The number of para-hydroxylation sites is 1. The van der Waals surface area contributed by atoms with Crippen LogP contribution in [0.5, 0.6) is 5.75 Å². The quantitative estimate of drug-likeness (QED) is 0.325. The number of amides is 2. The Hall–Kier alpha value is -3.23. The summed E-state index contributed by atoms with van der Waals surface area (Å²) in [6, 6.07) is 22.5. The van der Waals surface area contributed by atoms with Crippen molar-refractivity contribution in [3.05, 3.63) is 94.0 Å². The van der Waals surface area contributed by atoms with E-state index in [4.69, 9.17) is 17.0 Å². The smallest absolute Gasteiger partial charge is 0.257 e. The van der Waals surface area contributed by atoms with Crippen LogP contribution in [-0.4, -0.2) is 41.5 Å². The van der Waals surface area contributed by atoms with Crippen molar-refractivity contribution in [2.24, 2.45) is 0 Å². The molecule has 0 aromatic heterocycles. The average molecular weight is 581 g/mol. The largest absolute Gasteiger partial charge is 0.492 e. The predicted molar refractivity (Wildman–Crippen MR) is 154 cm³/mol. The fraction of sp³-hybridized carbons (Fsp3) is 0.276. The molecule has 8 heteroatoms. The summed E-state index contributed by atoms with van der Waals surface area (Å²) in [6.07, 6.45) is 5.12. The lowest BCUT2D eigenvalue weighted by Gasteiger charge is -2.22. The van der Waals surface area contributed by atoms with Crippen LogP contribution in [0.2, 0.25) is 0 Å². The predicted octanol–water partition coefficient (Wildman–Crippen LogP) is 6.21. The molecule has 2 amide bonds. The van der Waals surface area contributed by atoms with Gasteiger partial charge in [-0.15, -0.1) is 0 Å². The first-order valence-electron chi connectivity index (χ1n) is 12.5. The van der Waals surface area contributed by atoms with Gasteiger partial charge in [-0.3, -0.25) is 14.9 Å². The lowest BCUT2D eigenvalue weighted by molar-refractivity contribution is 0.0762. The molecule has 4 rings (SSSR count). The number of rotatable bonds is 7. The molecule has 1 saturated heterocycles. The monoisotopic (exact) mass is 579 g/mol. The van der Waals surface area contributed by atoms with Crippen molar-refractivity contribution in [1.29, 1.82) is 0 Å². The average Bonchev–Trinajstić information content (AvgIpc) is 3.20. The van der Waals surface area contributed by atoms with Crippen molar-refractivity contribution in [2.75, 3.05) is 25.0 Å². The van der Waals surface area contributed by atoms with Gasteiger partial charge in [-0.05, 0) is 76.9 Å². The van der Waals surface area contributed by atoms with Crippen molar-refractivity contribution in [1.82, 2.24) is 10.2 Å². The van der Waals surface area contributed by atoms with Crippen LogP contribution in [0.1, 0.15) is 52.0 Å². The van der Waals surface area contributed by atoms with Crippen molar-refractivity contribution in [2.45, 2.75) is 32.1 Å². The Balaban J connectivity index is 1.34. The van der Waals surface area contributed by atoms with E-state index in [1.807, 2.05) is 35.2 Å². The molecule has 192 valence electrons. The summed E-state index contributed by atoms with van der Waals surface area (Å²) < 4.78 is 6.56. The van der Waals surface area contributed by atoms with Gasteiger partial charge < -0.3 is 15.0 Å². The normalized spacial score (nSPS) is 13.4. The van der Waals surface area contributed by atoms with E-state index >= 15 is 0 Å². The number of ether oxygens (including phenoxy) is 1. The van der Waals surface area contributed by atoms with Crippen molar-refractivity contribution >= 4 is 50.8 Å². The highest BCUT2D eigenvalue weighted by atomic mass is 79.9. The van der Waals surface area contributed by atoms with Gasteiger partial charge in [0.1, 0.15) is 5.75 Å². The molecule has 0 aliphatic carbocycles. The number of thiocarbonyl (C=S) groups is 1. The first kappa shape index (κ1) is 26.8. The summed E-state index contributed by atoms with van der Waals surface area (Å²) in [5.41, 5.74) is 2.75. The molecule has 1 fully saturated rings. The van der Waals surface area contributed by atoms with E-state index in [9.17, 15) is 9.59 Å². The zero-order valence-electron chi connectivity index (χ0n) is 20.5. The Labute approximate surface area is 231 Å². The van der Waals surface area contributed by atoms with E-state index in [1.54, 1.807) is 30.3 Å². The molecular formula is C29H30BrN3O3S. The molecule has 0 radical (unpaired) electrons. The molecule has 0 bridgehead atoms. The second kappa shape index (κ2) is 13.4. The van der Waals surface area contributed by atoms with Gasteiger partial charge in [0.2, 0.25) is 0 Å². The third-order valence-corrected chi connectivity index (χ3v) is 7.04. The number of carbonyl (C=O) groups excluding carboxylic acids is 2. The molecule has 2 N–H and O–H groups in total. The van der Waals surface area contributed by atoms with Gasteiger partial charge in [0.05, 0.1) is 22.3 Å². The molecule has 6 nitrogen and oxygen atoms in total. The minimum atomic E-state index is -0.356. The summed E-state index contributed by atoms with van der Waals surface area (Å²) in [6.45, 7) is 2.04. The van der Waals surface area contributed by atoms with Gasteiger partial charge in [0, 0.05) is 25.1 Å². The van der Waals surface area contributed by atoms with Crippen LogP contribution in [0.3, 0.4) is 0 Å². The summed E-state index contributed by atoms with van der Waals surface area (Å²) in [7, 11) is 0. The highest BCUT2D eigenvalue weighted by Gasteiger charge is 2.20. The lowest BCUT2D eigenvalue weighted by Crippen LogP contribution is -2.36. The van der Waals surface area contributed by atoms with Gasteiger partial charge in [0.15, 0.2) is 5.11 Å². The number of hydrogen-bond acceptors (Lipinski definition) is 4. The number of hydrogen-bond donors (Lipinski definition) is 2.